The van der Waals surface area contributed by atoms with Crippen molar-refractivity contribution < 1.29 is 13.7 Å². The number of nitrogens with zero attached hydrogens (tertiary/aromatic N) is 1. The molecule has 1 atom stereocenters. The van der Waals surface area contributed by atoms with Gasteiger partial charge in [-0.1, -0.05) is 12.1 Å². The molecule has 0 aliphatic rings. The molecule has 2 aromatic carbocycles. The first-order valence-corrected chi connectivity index (χ1v) is 8.48. The minimum Gasteiger partial charge on any atom is -0.497 e. The Morgan fingerprint density at radius 2 is 1.96 bits per heavy atom. The van der Waals surface area contributed by atoms with Crippen LogP contribution in [0.5, 0.6) is 11.5 Å². The molecular weight excluding hydrogens is 312 g/mol. The van der Waals surface area contributed by atoms with Crippen LogP contribution in [0.1, 0.15) is 11.1 Å². The van der Waals surface area contributed by atoms with E-state index in [2.05, 4.69) is 9.97 Å². The van der Waals surface area contributed by atoms with Gasteiger partial charge in [0.1, 0.15) is 11.5 Å². The Morgan fingerprint density at radius 1 is 1.13 bits per heavy atom. The molecule has 6 heteroatoms. The summed E-state index contributed by atoms with van der Waals surface area (Å²) < 4.78 is 23.1. The summed E-state index contributed by atoms with van der Waals surface area (Å²) in [5, 5.41) is 0.466. The van der Waals surface area contributed by atoms with Crippen molar-refractivity contribution in [1.82, 2.24) is 9.97 Å². The maximum Gasteiger partial charge on any atom is 0.197 e. The van der Waals surface area contributed by atoms with Gasteiger partial charge in [0.2, 0.25) is 0 Å². The van der Waals surface area contributed by atoms with E-state index in [0.29, 0.717) is 10.9 Å². The van der Waals surface area contributed by atoms with Gasteiger partial charge < -0.3 is 14.5 Å². The Kier molecular flexibility index (Phi) is 4.34. The van der Waals surface area contributed by atoms with Gasteiger partial charge in [0, 0.05) is 6.07 Å². The number of H-pyrrole nitrogens is 1. The molecule has 120 valence electrons. The van der Waals surface area contributed by atoms with Crippen molar-refractivity contribution in [2.24, 2.45) is 0 Å². The largest absolute Gasteiger partial charge is 0.497 e. The van der Waals surface area contributed by atoms with Gasteiger partial charge in [0.25, 0.3) is 0 Å². The van der Waals surface area contributed by atoms with E-state index in [0.717, 1.165) is 33.7 Å². The van der Waals surface area contributed by atoms with Crippen LogP contribution in [0.2, 0.25) is 0 Å². The summed E-state index contributed by atoms with van der Waals surface area (Å²) in [7, 11) is 1.99. The van der Waals surface area contributed by atoms with E-state index in [1.54, 1.807) is 14.2 Å². The third kappa shape index (κ3) is 3.22. The number of ether oxygens (including phenoxy) is 2. The Labute approximate surface area is 137 Å². The van der Waals surface area contributed by atoms with E-state index >= 15 is 0 Å². The summed E-state index contributed by atoms with van der Waals surface area (Å²) in [4.78, 5) is 7.51. The summed E-state index contributed by atoms with van der Waals surface area (Å²) in [6, 6.07) is 11.4. The van der Waals surface area contributed by atoms with Gasteiger partial charge in [0.15, 0.2) is 5.16 Å². The number of methoxy groups -OCH3 is 2. The molecule has 3 rings (SSSR count). The van der Waals surface area contributed by atoms with Crippen LogP contribution in [0.25, 0.3) is 11.0 Å². The van der Waals surface area contributed by atoms with Crippen molar-refractivity contribution in [3.63, 3.8) is 0 Å². The van der Waals surface area contributed by atoms with Gasteiger partial charge in [-0.3, -0.25) is 4.21 Å². The molecule has 1 N–H and O–H groups in total. The maximum absolute atomic E-state index is 12.6. The zero-order valence-electron chi connectivity index (χ0n) is 13.3. The lowest BCUT2D eigenvalue weighted by Gasteiger charge is -2.06. The maximum atomic E-state index is 12.6. The van der Waals surface area contributed by atoms with Crippen LogP contribution in [0.4, 0.5) is 0 Å². The molecule has 23 heavy (non-hydrogen) atoms. The number of aryl methyl sites for hydroxylation is 1. The van der Waals surface area contributed by atoms with Crippen molar-refractivity contribution in [3.8, 4) is 11.5 Å². The van der Waals surface area contributed by atoms with Crippen molar-refractivity contribution in [2.75, 3.05) is 14.2 Å². The van der Waals surface area contributed by atoms with Gasteiger partial charge in [-0.2, -0.15) is 0 Å². The molecule has 0 amide bonds. The summed E-state index contributed by atoms with van der Waals surface area (Å²) in [5.41, 5.74) is 3.59. The fraction of sp³-hybridized carbons (Fsp3) is 0.235. The number of benzene rings is 2. The van der Waals surface area contributed by atoms with E-state index in [1.165, 1.54) is 0 Å². The predicted octanol–water partition coefficient (Wildman–Crippen LogP) is 3.20. The van der Waals surface area contributed by atoms with Gasteiger partial charge in [-0.25, -0.2) is 4.98 Å². The smallest absolute Gasteiger partial charge is 0.197 e. The predicted molar refractivity (Wildman–Crippen MR) is 90.5 cm³/mol. The van der Waals surface area contributed by atoms with Crippen LogP contribution in [-0.4, -0.2) is 28.4 Å². The van der Waals surface area contributed by atoms with Crippen molar-refractivity contribution in [2.45, 2.75) is 17.8 Å². The number of hydrogen-bond donors (Lipinski definition) is 1. The van der Waals surface area contributed by atoms with Crippen LogP contribution in [0.15, 0.2) is 41.6 Å². The molecule has 1 aromatic heterocycles. The summed E-state index contributed by atoms with van der Waals surface area (Å²) in [6.07, 6.45) is 0. The van der Waals surface area contributed by atoms with Crippen molar-refractivity contribution >= 4 is 21.8 Å². The topological polar surface area (TPSA) is 64.2 Å². The zero-order chi connectivity index (χ0) is 16.4. The third-order valence-corrected chi connectivity index (χ3v) is 4.87. The standard InChI is InChI=1S/C17H18N2O3S/c1-11-4-5-12(8-16(11)22-3)10-23(20)17-18-14-7-6-13(21-2)9-15(14)19-17/h4-9H,10H2,1-3H3,(H,18,19). The monoisotopic (exact) mass is 330 g/mol. The molecule has 1 heterocycles. The Morgan fingerprint density at radius 3 is 2.70 bits per heavy atom. The average molecular weight is 330 g/mol. The molecular formula is C17H18N2O3S. The molecule has 0 fully saturated rings. The SMILES string of the molecule is COc1ccc2nc(S(=O)Cc3ccc(C)c(OC)c3)[nH]c2c1. The number of aromatic amines is 1. The second kappa shape index (κ2) is 6.42. The van der Waals surface area contributed by atoms with E-state index in [4.69, 9.17) is 9.47 Å². The fourth-order valence-electron chi connectivity index (χ4n) is 2.37. The van der Waals surface area contributed by atoms with E-state index in [9.17, 15) is 4.21 Å². The molecule has 0 aliphatic carbocycles. The quantitative estimate of drug-likeness (QED) is 0.780. The van der Waals surface area contributed by atoms with E-state index in [1.807, 2.05) is 43.3 Å². The van der Waals surface area contributed by atoms with Gasteiger partial charge in [-0.05, 0) is 36.2 Å². The summed E-state index contributed by atoms with van der Waals surface area (Å²) in [5.74, 6) is 1.92. The summed E-state index contributed by atoms with van der Waals surface area (Å²) >= 11 is 0. The highest BCUT2D eigenvalue weighted by Gasteiger charge is 2.12. The second-order valence-corrected chi connectivity index (χ2v) is 6.59. The minimum atomic E-state index is -1.26. The zero-order valence-corrected chi connectivity index (χ0v) is 14.1. The summed E-state index contributed by atoms with van der Waals surface area (Å²) in [6.45, 7) is 1.98. The number of imidazole rings is 1. The van der Waals surface area contributed by atoms with Crippen LogP contribution in [0.3, 0.4) is 0 Å². The van der Waals surface area contributed by atoms with E-state index < -0.39 is 10.8 Å². The van der Waals surface area contributed by atoms with Crippen molar-refractivity contribution in [3.05, 3.63) is 47.5 Å². The lowest BCUT2D eigenvalue weighted by molar-refractivity contribution is 0.411. The molecule has 5 nitrogen and oxygen atoms in total. The molecule has 0 saturated carbocycles. The van der Waals surface area contributed by atoms with Crippen molar-refractivity contribution in [1.29, 1.82) is 0 Å². The first-order chi connectivity index (χ1) is 11.1. The number of aromatic nitrogens is 2. The van der Waals surface area contributed by atoms with Crippen LogP contribution in [0, 0.1) is 6.92 Å². The van der Waals surface area contributed by atoms with Crippen LogP contribution >= 0.6 is 0 Å². The van der Waals surface area contributed by atoms with Gasteiger partial charge in [-0.15, -0.1) is 0 Å². The number of nitrogens with one attached hydrogen (secondary N) is 1. The normalized spacial score (nSPS) is 12.3. The number of fused-ring (bicyclic) bond motifs is 1. The first kappa shape index (κ1) is 15.6. The molecule has 0 spiro atoms. The highest BCUT2D eigenvalue weighted by atomic mass is 32.2. The molecule has 0 bridgehead atoms. The molecule has 1 unspecified atom stereocenters. The number of rotatable bonds is 5. The lowest BCUT2D eigenvalue weighted by atomic mass is 10.1. The third-order valence-electron chi connectivity index (χ3n) is 3.65. The molecule has 0 radical (unpaired) electrons. The molecule has 3 aromatic rings. The van der Waals surface area contributed by atoms with Crippen LogP contribution < -0.4 is 9.47 Å². The highest BCUT2D eigenvalue weighted by molar-refractivity contribution is 7.84. The van der Waals surface area contributed by atoms with Gasteiger partial charge >= 0.3 is 0 Å². The van der Waals surface area contributed by atoms with E-state index in [-0.39, 0.29) is 0 Å². The first-order valence-electron chi connectivity index (χ1n) is 7.16. The average Bonchev–Trinajstić information content (AvgIpc) is 2.99. The van der Waals surface area contributed by atoms with Crippen LogP contribution in [-0.2, 0) is 16.6 Å². The molecule has 0 aliphatic heterocycles. The second-order valence-electron chi connectivity index (χ2n) is 5.22. The number of hydrogen-bond acceptors (Lipinski definition) is 4. The fourth-order valence-corrected chi connectivity index (χ4v) is 3.42. The Hall–Kier alpha value is -2.34. The Bertz CT molecular complexity index is 873. The molecule has 0 saturated heterocycles. The lowest BCUT2D eigenvalue weighted by Crippen LogP contribution is -1.99. The Balaban J connectivity index is 1.85. The minimum absolute atomic E-state index is 0.383. The highest BCUT2D eigenvalue weighted by Crippen LogP contribution is 2.23. The van der Waals surface area contributed by atoms with Gasteiger partial charge in [0.05, 0.1) is 41.8 Å².